The molecular weight excluding hydrogens is 252 g/mol. The van der Waals surface area contributed by atoms with Crippen molar-refractivity contribution in [3.8, 4) is 11.8 Å². The van der Waals surface area contributed by atoms with Gasteiger partial charge in [0.15, 0.2) is 11.5 Å². The number of hydrogen-bond acceptors (Lipinski definition) is 5. The molecule has 2 rings (SSSR count). The maximum atomic E-state index is 8.92. The molecule has 90 valence electrons. The number of methoxy groups -OCH3 is 1. The van der Waals surface area contributed by atoms with Crippen molar-refractivity contribution in [3.05, 3.63) is 41.3 Å². The van der Waals surface area contributed by atoms with Gasteiger partial charge < -0.3 is 10.1 Å². The topological polar surface area (TPSA) is 70.8 Å². The molecule has 2 aromatic rings. The number of halogens is 1. The summed E-state index contributed by atoms with van der Waals surface area (Å²) in [6, 6.07) is 7.12. The van der Waals surface area contributed by atoms with E-state index in [9.17, 15) is 0 Å². The van der Waals surface area contributed by atoms with Crippen molar-refractivity contribution in [2.45, 2.75) is 0 Å². The van der Waals surface area contributed by atoms with E-state index in [-0.39, 0.29) is 5.69 Å². The fourth-order valence-corrected chi connectivity index (χ4v) is 1.53. The minimum Gasteiger partial charge on any atom is -0.497 e. The zero-order valence-corrected chi connectivity index (χ0v) is 10.3. The van der Waals surface area contributed by atoms with Crippen molar-refractivity contribution in [1.82, 2.24) is 9.97 Å². The lowest BCUT2D eigenvalue weighted by Crippen LogP contribution is -1.99. The van der Waals surface area contributed by atoms with Gasteiger partial charge in [-0.2, -0.15) is 5.26 Å². The van der Waals surface area contributed by atoms with Gasteiger partial charge in [-0.25, -0.2) is 9.97 Å². The standard InChI is InChI=1S/C12H9ClN4O/c1-18-8-2-3-9(13)10(6-8)17-12-11(7-14)15-4-5-16-12/h2-6H,1H3,(H,16,17). The van der Waals surface area contributed by atoms with Crippen LogP contribution in [0.2, 0.25) is 5.02 Å². The predicted molar refractivity (Wildman–Crippen MR) is 68.0 cm³/mol. The highest BCUT2D eigenvalue weighted by molar-refractivity contribution is 6.33. The van der Waals surface area contributed by atoms with Gasteiger partial charge in [-0.1, -0.05) is 11.6 Å². The van der Waals surface area contributed by atoms with Crippen molar-refractivity contribution in [3.63, 3.8) is 0 Å². The smallest absolute Gasteiger partial charge is 0.183 e. The molecule has 5 nitrogen and oxygen atoms in total. The van der Waals surface area contributed by atoms with Crippen LogP contribution in [0.15, 0.2) is 30.6 Å². The lowest BCUT2D eigenvalue weighted by atomic mass is 10.3. The van der Waals surface area contributed by atoms with E-state index in [0.717, 1.165) is 0 Å². The maximum absolute atomic E-state index is 8.92. The van der Waals surface area contributed by atoms with Crippen LogP contribution in [-0.2, 0) is 0 Å². The van der Waals surface area contributed by atoms with Gasteiger partial charge in [-0.15, -0.1) is 0 Å². The number of hydrogen-bond donors (Lipinski definition) is 1. The Morgan fingerprint density at radius 2 is 2.11 bits per heavy atom. The minimum absolute atomic E-state index is 0.205. The molecule has 18 heavy (non-hydrogen) atoms. The van der Waals surface area contributed by atoms with Gasteiger partial charge in [0, 0.05) is 18.5 Å². The van der Waals surface area contributed by atoms with Gasteiger partial charge >= 0.3 is 0 Å². The number of benzene rings is 1. The number of nitriles is 1. The quantitative estimate of drug-likeness (QED) is 0.919. The molecule has 0 unspecified atom stereocenters. The van der Waals surface area contributed by atoms with E-state index in [0.29, 0.717) is 22.3 Å². The van der Waals surface area contributed by atoms with Gasteiger partial charge in [-0.05, 0) is 12.1 Å². The molecule has 1 aromatic heterocycles. The number of rotatable bonds is 3. The molecule has 1 N–H and O–H groups in total. The Morgan fingerprint density at radius 3 is 2.83 bits per heavy atom. The highest BCUT2D eigenvalue weighted by Crippen LogP contribution is 2.29. The average molecular weight is 261 g/mol. The van der Waals surface area contributed by atoms with Crippen LogP contribution in [0, 0.1) is 11.3 Å². The summed E-state index contributed by atoms with van der Waals surface area (Å²) in [6.45, 7) is 0. The zero-order valence-electron chi connectivity index (χ0n) is 9.51. The third-order valence-corrected chi connectivity index (χ3v) is 2.56. The third-order valence-electron chi connectivity index (χ3n) is 2.23. The van der Waals surface area contributed by atoms with Crippen LogP contribution in [0.5, 0.6) is 5.75 Å². The first-order chi connectivity index (χ1) is 8.74. The minimum atomic E-state index is 0.205. The molecule has 0 aliphatic heterocycles. The Bertz CT molecular complexity index is 609. The van der Waals surface area contributed by atoms with Crippen LogP contribution in [0.4, 0.5) is 11.5 Å². The van der Waals surface area contributed by atoms with Crippen molar-refractivity contribution in [1.29, 1.82) is 5.26 Å². The predicted octanol–water partition coefficient (Wildman–Crippen LogP) is 2.75. The van der Waals surface area contributed by atoms with Gasteiger partial charge in [0.2, 0.25) is 0 Å². The van der Waals surface area contributed by atoms with Crippen LogP contribution >= 0.6 is 11.6 Å². The Kier molecular flexibility index (Phi) is 3.60. The molecule has 0 saturated carbocycles. The average Bonchev–Trinajstić information content (AvgIpc) is 2.42. The summed E-state index contributed by atoms with van der Waals surface area (Å²) in [7, 11) is 1.57. The molecule has 0 radical (unpaired) electrons. The Labute approximate surface area is 109 Å². The van der Waals surface area contributed by atoms with Crippen molar-refractivity contribution in [2.24, 2.45) is 0 Å². The van der Waals surface area contributed by atoms with E-state index in [4.69, 9.17) is 21.6 Å². The third kappa shape index (κ3) is 2.50. The summed E-state index contributed by atoms with van der Waals surface area (Å²) in [5.41, 5.74) is 0.810. The summed E-state index contributed by atoms with van der Waals surface area (Å²) in [6.07, 6.45) is 2.95. The maximum Gasteiger partial charge on any atom is 0.183 e. The molecular formula is C12H9ClN4O. The molecule has 0 bridgehead atoms. The molecule has 0 fully saturated rings. The van der Waals surface area contributed by atoms with Crippen LogP contribution < -0.4 is 10.1 Å². The highest BCUT2D eigenvalue weighted by atomic mass is 35.5. The molecule has 0 atom stereocenters. The second-order valence-electron chi connectivity index (χ2n) is 3.34. The summed E-state index contributed by atoms with van der Waals surface area (Å²) >= 11 is 6.05. The van der Waals surface area contributed by atoms with E-state index in [1.165, 1.54) is 12.4 Å². The molecule has 0 saturated heterocycles. The molecule has 0 aliphatic rings. The normalized spacial score (nSPS) is 9.61. The second-order valence-corrected chi connectivity index (χ2v) is 3.74. The lowest BCUT2D eigenvalue weighted by Gasteiger charge is -2.09. The van der Waals surface area contributed by atoms with E-state index in [2.05, 4.69) is 15.3 Å². The fraction of sp³-hybridized carbons (Fsp3) is 0.0833. The Hall–Kier alpha value is -2.32. The van der Waals surface area contributed by atoms with Gasteiger partial charge in [0.25, 0.3) is 0 Å². The molecule has 6 heteroatoms. The van der Waals surface area contributed by atoms with Crippen LogP contribution in [-0.4, -0.2) is 17.1 Å². The number of nitrogens with zero attached hydrogens (tertiary/aromatic N) is 3. The van der Waals surface area contributed by atoms with Gasteiger partial charge in [-0.3, -0.25) is 0 Å². The monoisotopic (exact) mass is 260 g/mol. The van der Waals surface area contributed by atoms with E-state index >= 15 is 0 Å². The first-order valence-corrected chi connectivity index (χ1v) is 5.44. The summed E-state index contributed by atoms with van der Waals surface area (Å²) in [5.74, 6) is 1.01. The van der Waals surface area contributed by atoms with Crippen LogP contribution in [0.25, 0.3) is 0 Å². The largest absolute Gasteiger partial charge is 0.497 e. The first kappa shape index (κ1) is 12.1. The zero-order chi connectivity index (χ0) is 13.0. The SMILES string of the molecule is COc1ccc(Cl)c(Nc2nccnc2C#N)c1. The fourth-order valence-electron chi connectivity index (χ4n) is 1.37. The lowest BCUT2D eigenvalue weighted by molar-refractivity contribution is 0.415. The molecule has 0 spiro atoms. The van der Waals surface area contributed by atoms with Crippen molar-refractivity contribution >= 4 is 23.1 Å². The Morgan fingerprint density at radius 1 is 1.33 bits per heavy atom. The summed E-state index contributed by atoms with van der Waals surface area (Å²) in [5, 5.41) is 12.4. The number of ether oxygens (including phenoxy) is 1. The molecule has 1 heterocycles. The highest BCUT2D eigenvalue weighted by Gasteiger charge is 2.08. The van der Waals surface area contributed by atoms with Crippen LogP contribution in [0.3, 0.4) is 0 Å². The molecule has 0 amide bonds. The van der Waals surface area contributed by atoms with Gasteiger partial charge in [0.05, 0.1) is 17.8 Å². The second kappa shape index (κ2) is 5.34. The molecule has 0 aliphatic carbocycles. The van der Waals surface area contributed by atoms with Crippen molar-refractivity contribution in [2.75, 3.05) is 12.4 Å². The van der Waals surface area contributed by atoms with Crippen LogP contribution in [0.1, 0.15) is 5.69 Å². The summed E-state index contributed by atoms with van der Waals surface area (Å²) in [4.78, 5) is 7.95. The van der Waals surface area contributed by atoms with E-state index in [1.54, 1.807) is 25.3 Å². The Balaban J connectivity index is 2.37. The summed E-state index contributed by atoms with van der Waals surface area (Å²) < 4.78 is 5.10. The number of anilines is 2. The molecule has 1 aromatic carbocycles. The van der Waals surface area contributed by atoms with Crippen molar-refractivity contribution < 1.29 is 4.74 Å². The first-order valence-electron chi connectivity index (χ1n) is 5.06. The number of nitrogens with one attached hydrogen (secondary N) is 1. The number of aromatic nitrogens is 2. The van der Waals surface area contributed by atoms with E-state index in [1.807, 2.05) is 6.07 Å². The van der Waals surface area contributed by atoms with Gasteiger partial charge in [0.1, 0.15) is 11.8 Å². The van der Waals surface area contributed by atoms with E-state index < -0.39 is 0 Å².